The highest BCUT2D eigenvalue weighted by molar-refractivity contribution is 5.66. The van der Waals surface area contributed by atoms with Gasteiger partial charge in [0, 0.05) is 24.2 Å². The van der Waals surface area contributed by atoms with E-state index >= 15 is 0 Å². The lowest BCUT2D eigenvalue weighted by Gasteiger charge is -2.60. The first-order valence-corrected chi connectivity index (χ1v) is 10.9. The molecule has 0 unspecified atom stereocenters. The zero-order chi connectivity index (χ0) is 19.2. The SMILES string of the molecule is C=C[C@]1(O)CC[C@@H]2[C@H]3C[C@@H]4O[C@@]45C[C@@H](OC(C)=O)CC[C@]5(C)[C@@H]3CC[C@]21C. The van der Waals surface area contributed by atoms with Crippen LogP contribution < -0.4 is 0 Å². The molecule has 4 saturated carbocycles. The normalized spacial score (nSPS) is 58.3. The summed E-state index contributed by atoms with van der Waals surface area (Å²) in [6.07, 6.45) is 10.4. The molecule has 4 aliphatic carbocycles. The predicted molar refractivity (Wildman–Crippen MR) is 102 cm³/mol. The second-order valence-electron chi connectivity index (χ2n) is 10.6. The van der Waals surface area contributed by atoms with Crippen molar-refractivity contribution >= 4 is 5.97 Å². The molecule has 1 saturated heterocycles. The summed E-state index contributed by atoms with van der Waals surface area (Å²) in [5.41, 5.74) is -0.660. The molecule has 1 heterocycles. The Balaban J connectivity index is 1.44. The first-order chi connectivity index (χ1) is 12.7. The Bertz CT molecular complexity index is 690. The molecule has 5 fully saturated rings. The zero-order valence-electron chi connectivity index (χ0n) is 17.0. The van der Waals surface area contributed by atoms with Crippen LogP contribution in [0, 0.1) is 28.6 Å². The minimum atomic E-state index is -0.713. The van der Waals surface area contributed by atoms with Gasteiger partial charge >= 0.3 is 5.97 Å². The Morgan fingerprint density at radius 1 is 1.15 bits per heavy atom. The molecule has 1 spiro atoms. The van der Waals surface area contributed by atoms with E-state index < -0.39 is 5.60 Å². The summed E-state index contributed by atoms with van der Waals surface area (Å²) in [5, 5.41) is 11.2. The average Bonchev–Trinajstić information content (AvgIpc) is 3.24. The van der Waals surface area contributed by atoms with Crippen molar-refractivity contribution in [2.45, 2.75) is 95.5 Å². The van der Waals surface area contributed by atoms with E-state index in [1.54, 1.807) is 0 Å². The second kappa shape index (κ2) is 5.38. The van der Waals surface area contributed by atoms with Crippen LogP contribution in [0.4, 0.5) is 0 Å². The van der Waals surface area contributed by atoms with Crippen LogP contribution in [0.3, 0.4) is 0 Å². The highest BCUT2D eigenvalue weighted by Gasteiger charge is 2.77. The molecule has 4 nitrogen and oxygen atoms in total. The number of aliphatic hydroxyl groups is 1. The number of esters is 1. The van der Waals surface area contributed by atoms with E-state index in [1.807, 2.05) is 6.08 Å². The van der Waals surface area contributed by atoms with Crippen molar-refractivity contribution in [3.63, 3.8) is 0 Å². The number of fused-ring (bicyclic) bond motifs is 4. The van der Waals surface area contributed by atoms with Crippen molar-refractivity contribution in [3.8, 4) is 0 Å². The van der Waals surface area contributed by atoms with Gasteiger partial charge in [-0.1, -0.05) is 19.9 Å². The van der Waals surface area contributed by atoms with Crippen LogP contribution in [-0.2, 0) is 14.3 Å². The number of carbonyl (C=O) groups is 1. The third-order valence-electron chi connectivity index (χ3n) is 9.93. The number of rotatable bonds is 2. The molecule has 9 atom stereocenters. The minimum Gasteiger partial charge on any atom is -0.462 e. The standard InChI is InChI=1S/C23H34O4/c1-5-22(25)11-8-17-16-12-19-23(27-19)13-15(26-14(2)24)6-9-21(23,4)18(16)7-10-20(17,22)3/h5,15-19,25H,1,6-13H2,2-4H3/t15-,16+,17+,18+,19-,20+,21+,22-,23-/m0/s1. The molecule has 5 aliphatic rings. The summed E-state index contributed by atoms with van der Waals surface area (Å²) in [6.45, 7) is 10.2. The van der Waals surface area contributed by atoms with E-state index in [0.29, 0.717) is 23.9 Å². The minimum absolute atomic E-state index is 0.0170. The highest BCUT2D eigenvalue weighted by atomic mass is 16.6. The van der Waals surface area contributed by atoms with Gasteiger partial charge < -0.3 is 14.6 Å². The maximum atomic E-state index is 11.5. The van der Waals surface area contributed by atoms with Gasteiger partial charge in [-0.15, -0.1) is 6.58 Å². The monoisotopic (exact) mass is 374 g/mol. The first-order valence-electron chi connectivity index (χ1n) is 10.9. The molecule has 0 radical (unpaired) electrons. The summed E-state index contributed by atoms with van der Waals surface area (Å²) in [4.78, 5) is 11.5. The van der Waals surface area contributed by atoms with Gasteiger partial charge in [0.1, 0.15) is 11.7 Å². The van der Waals surface area contributed by atoms with Gasteiger partial charge in [0.25, 0.3) is 0 Å². The lowest BCUT2D eigenvalue weighted by atomic mass is 9.44. The van der Waals surface area contributed by atoms with Crippen LogP contribution in [0.25, 0.3) is 0 Å². The number of hydrogen-bond donors (Lipinski definition) is 1. The van der Waals surface area contributed by atoms with Crippen molar-refractivity contribution < 1.29 is 19.4 Å². The van der Waals surface area contributed by atoms with Gasteiger partial charge in [0.05, 0.1) is 11.7 Å². The average molecular weight is 375 g/mol. The fourth-order valence-electron chi connectivity index (χ4n) is 8.36. The molecular formula is C23H34O4. The second-order valence-corrected chi connectivity index (χ2v) is 10.6. The van der Waals surface area contributed by atoms with Crippen LogP contribution in [0.15, 0.2) is 12.7 Å². The Labute approximate surface area is 162 Å². The fourth-order valence-corrected chi connectivity index (χ4v) is 8.36. The van der Waals surface area contributed by atoms with Gasteiger partial charge in [-0.2, -0.15) is 0 Å². The lowest BCUT2D eigenvalue weighted by molar-refractivity contribution is -0.160. The molecule has 0 aromatic heterocycles. The topological polar surface area (TPSA) is 59.1 Å². The Kier molecular flexibility index (Phi) is 3.62. The van der Waals surface area contributed by atoms with Crippen LogP contribution in [0.2, 0.25) is 0 Å². The van der Waals surface area contributed by atoms with Crippen LogP contribution in [0.5, 0.6) is 0 Å². The third-order valence-corrected chi connectivity index (χ3v) is 9.93. The first kappa shape index (κ1) is 18.2. The summed E-state index contributed by atoms with van der Waals surface area (Å²) >= 11 is 0. The van der Waals surface area contributed by atoms with E-state index in [0.717, 1.165) is 44.9 Å². The molecule has 0 amide bonds. The number of epoxide rings is 1. The molecular weight excluding hydrogens is 340 g/mol. The molecule has 0 bridgehead atoms. The molecule has 1 N–H and O–H groups in total. The van der Waals surface area contributed by atoms with Crippen molar-refractivity contribution in [1.82, 2.24) is 0 Å². The van der Waals surface area contributed by atoms with Gasteiger partial charge in [-0.3, -0.25) is 4.79 Å². The molecule has 150 valence electrons. The van der Waals surface area contributed by atoms with E-state index in [9.17, 15) is 9.90 Å². The molecule has 0 aromatic rings. The Hall–Kier alpha value is -0.870. The maximum Gasteiger partial charge on any atom is 0.302 e. The van der Waals surface area contributed by atoms with Crippen molar-refractivity contribution in [2.24, 2.45) is 28.6 Å². The quantitative estimate of drug-likeness (QED) is 0.451. The molecule has 1 aliphatic heterocycles. The zero-order valence-corrected chi connectivity index (χ0v) is 17.0. The fraction of sp³-hybridized carbons (Fsp3) is 0.870. The van der Waals surface area contributed by atoms with Crippen molar-refractivity contribution in [2.75, 3.05) is 0 Å². The van der Waals surface area contributed by atoms with E-state index in [1.165, 1.54) is 13.3 Å². The van der Waals surface area contributed by atoms with Gasteiger partial charge in [-0.25, -0.2) is 0 Å². The molecule has 0 aromatic carbocycles. The van der Waals surface area contributed by atoms with Gasteiger partial charge in [0.2, 0.25) is 0 Å². The summed E-state index contributed by atoms with van der Waals surface area (Å²) in [6, 6.07) is 0. The molecule has 4 heteroatoms. The summed E-state index contributed by atoms with van der Waals surface area (Å²) in [7, 11) is 0. The lowest BCUT2D eigenvalue weighted by Crippen LogP contribution is -2.60. The van der Waals surface area contributed by atoms with Crippen LogP contribution >= 0.6 is 0 Å². The largest absolute Gasteiger partial charge is 0.462 e. The highest BCUT2D eigenvalue weighted by Crippen LogP contribution is 2.74. The van der Waals surface area contributed by atoms with Gasteiger partial charge in [0.15, 0.2) is 0 Å². The molecule has 27 heavy (non-hydrogen) atoms. The summed E-state index contributed by atoms with van der Waals surface area (Å²) < 4.78 is 12.0. The Morgan fingerprint density at radius 2 is 1.81 bits per heavy atom. The van der Waals surface area contributed by atoms with E-state index in [2.05, 4.69) is 20.4 Å². The van der Waals surface area contributed by atoms with E-state index in [-0.39, 0.29) is 28.5 Å². The van der Waals surface area contributed by atoms with Crippen LogP contribution in [-0.4, -0.2) is 34.5 Å². The number of ether oxygens (including phenoxy) is 2. The molecule has 5 rings (SSSR count). The Morgan fingerprint density at radius 3 is 2.52 bits per heavy atom. The smallest absolute Gasteiger partial charge is 0.302 e. The maximum absolute atomic E-state index is 11.5. The third kappa shape index (κ3) is 2.09. The van der Waals surface area contributed by atoms with Crippen molar-refractivity contribution in [1.29, 1.82) is 0 Å². The van der Waals surface area contributed by atoms with Crippen molar-refractivity contribution in [3.05, 3.63) is 12.7 Å². The van der Waals surface area contributed by atoms with Gasteiger partial charge in [-0.05, 0) is 62.7 Å². The number of hydrogen-bond acceptors (Lipinski definition) is 4. The van der Waals surface area contributed by atoms with E-state index in [4.69, 9.17) is 9.47 Å². The summed E-state index contributed by atoms with van der Waals surface area (Å²) in [5.74, 6) is 1.67. The number of carbonyl (C=O) groups excluding carboxylic acids is 1. The van der Waals surface area contributed by atoms with Crippen LogP contribution in [0.1, 0.15) is 72.1 Å². The predicted octanol–water partition coefficient (Wildman–Crippen LogP) is 4.01.